The molecule has 11 heteroatoms. The summed E-state index contributed by atoms with van der Waals surface area (Å²) in [4.78, 5) is 27.6. The average Bonchev–Trinajstić information content (AvgIpc) is 3.54. The quantitative estimate of drug-likeness (QED) is 0.224. The van der Waals surface area contributed by atoms with Gasteiger partial charge in [0.1, 0.15) is 16.7 Å². The molecule has 0 saturated carbocycles. The zero-order valence-corrected chi connectivity index (χ0v) is 21.2. The molecule has 2 N–H and O–H groups in total. The summed E-state index contributed by atoms with van der Waals surface area (Å²) in [5.74, 6) is -0.530. The van der Waals surface area contributed by atoms with Crippen molar-refractivity contribution in [2.75, 3.05) is 23.3 Å². The number of amides is 1. The number of carbonyl (C=O) groups is 1. The molecular formula is C26H25N7O3S. The molecule has 1 aliphatic rings. The molecule has 4 aromatic rings. The minimum absolute atomic E-state index is 0.0737. The zero-order valence-electron chi connectivity index (χ0n) is 20.4. The van der Waals surface area contributed by atoms with Crippen LogP contribution in [0.3, 0.4) is 0 Å². The number of carbonyl (C=O) groups excluding carboxylic acids is 1. The molecule has 3 aromatic carbocycles. The second-order valence-electron chi connectivity index (χ2n) is 9.04. The maximum Gasteiger partial charge on any atom is 0.293 e. The standard InChI is InChI=1S/C26H25N7O3S/c1-16-5-8-19(9-6-16)32-29-21-13-17(2)20(15-22(21)30-32)27-26(37)28-25(34)18-7-10-23(24(14-18)33(35)36)31-11-3-4-12-31/h5-10,13-15H,3-4,11-12H2,1-2H3,(H2,27,28,34,37). The number of fused-ring (bicyclic) bond motifs is 1. The van der Waals surface area contributed by atoms with Crippen LogP contribution in [0.15, 0.2) is 54.6 Å². The summed E-state index contributed by atoms with van der Waals surface area (Å²) < 4.78 is 0. The Bertz CT molecular complexity index is 1530. The van der Waals surface area contributed by atoms with Gasteiger partial charge in [-0.2, -0.15) is 4.80 Å². The predicted octanol–water partition coefficient (Wildman–Crippen LogP) is 4.67. The maximum absolute atomic E-state index is 12.8. The first-order valence-corrected chi connectivity index (χ1v) is 12.3. The van der Waals surface area contributed by atoms with Gasteiger partial charge in [-0.1, -0.05) is 17.7 Å². The molecule has 0 radical (unpaired) electrons. The van der Waals surface area contributed by atoms with Crippen LogP contribution in [0.2, 0.25) is 0 Å². The Kier molecular flexibility index (Phi) is 6.53. The van der Waals surface area contributed by atoms with E-state index in [0.717, 1.165) is 48.3 Å². The van der Waals surface area contributed by atoms with Crippen molar-refractivity contribution in [1.29, 1.82) is 0 Å². The minimum atomic E-state index is -0.530. The van der Waals surface area contributed by atoms with E-state index in [9.17, 15) is 14.9 Å². The summed E-state index contributed by atoms with van der Waals surface area (Å²) in [6.45, 7) is 5.45. The Balaban J connectivity index is 1.31. The molecule has 0 unspecified atom stereocenters. The number of anilines is 2. The number of nitro groups is 1. The third-order valence-corrected chi connectivity index (χ3v) is 6.55. The van der Waals surface area contributed by atoms with E-state index in [0.29, 0.717) is 16.9 Å². The molecule has 5 rings (SSSR count). The van der Waals surface area contributed by atoms with E-state index in [1.165, 1.54) is 6.07 Å². The average molecular weight is 516 g/mol. The maximum atomic E-state index is 12.8. The molecular weight excluding hydrogens is 490 g/mol. The molecule has 37 heavy (non-hydrogen) atoms. The molecule has 0 aliphatic carbocycles. The molecule has 1 aliphatic heterocycles. The van der Waals surface area contributed by atoms with Gasteiger partial charge >= 0.3 is 0 Å². The fourth-order valence-corrected chi connectivity index (χ4v) is 4.56. The Labute approximate surface area is 218 Å². The summed E-state index contributed by atoms with van der Waals surface area (Å²) in [5.41, 5.74) is 5.52. The second kappa shape index (κ2) is 9.94. The highest BCUT2D eigenvalue weighted by atomic mass is 32.1. The van der Waals surface area contributed by atoms with E-state index in [1.54, 1.807) is 16.9 Å². The Morgan fingerprint density at radius 3 is 2.35 bits per heavy atom. The predicted molar refractivity (Wildman–Crippen MR) is 147 cm³/mol. The van der Waals surface area contributed by atoms with Crippen molar-refractivity contribution in [1.82, 2.24) is 20.3 Å². The molecule has 0 atom stereocenters. The van der Waals surface area contributed by atoms with Crippen molar-refractivity contribution < 1.29 is 9.72 Å². The molecule has 0 bridgehead atoms. The van der Waals surface area contributed by atoms with Gasteiger partial charge in [-0.15, -0.1) is 10.2 Å². The lowest BCUT2D eigenvalue weighted by atomic mass is 10.1. The molecule has 1 amide bonds. The number of nitrogens with one attached hydrogen (secondary N) is 2. The van der Waals surface area contributed by atoms with Crippen molar-refractivity contribution in [2.24, 2.45) is 0 Å². The van der Waals surface area contributed by atoms with Crippen molar-refractivity contribution in [3.63, 3.8) is 0 Å². The summed E-state index contributed by atoms with van der Waals surface area (Å²) >= 11 is 5.36. The zero-order chi connectivity index (χ0) is 26.1. The second-order valence-corrected chi connectivity index (χ2v) is 9.45. The van der Waals surface area contributed by atoms with Crippen molar-refractivity contribution in [3.8, 4) is 5.69 Å². The largest absolute Gasteiger partial charge is 0.366 e. The van der Waals surface area contributed by atoms with E-state index in [2.05, 4.69) is 20.8 Å². The van der Waals surface area contributed by atoms with Crippen LogP contribution in [-0.4, -0.2) is 44.0 Å². The van der Waals surface area contributed by atoms with Gasteiger partial charge in [0.15, 0.2) is 5.11 Å². The Morgan fingerprint density at radius 1 is 1.00 bits per heavy atom. The topological polar surface area (TPSA) is 118 Å². The number of benzene rings is 3. The van der Waals surface area contributed by atoms with Gasteiger partial charge in [-0.05, 0) is 80.9 Å². The Hall–Kier alpha value is -4.38. The first-order chi connectivity index (χ1) is 17.8. The Morgan fingerprint density at radius 2 is 1.68 bits per heavy atom. The van der Waals surface area contributed by atoms with Gasteiger partial charge in [0.25, 0.3) is 11.6 Å². The first-order valence-electron chi connectivity index (χ1n) is 11.9. The van der Waals surface area contributed by atoms with Crippen molar-refractivity contribution >= 4 is 51.3 Å². The smallest absolute Gasteiger partial charge is 0.293 e. The molecule has 10 nitrogen and oxygen atoms in total. The number of aromatic nitrogens is 3. The molecule has 188 valence electrons. The van der Waals surface area contributed by atoms with Crippen LogP contribution in [0.4, 0.5) is 17.1 Å². The summed E-state index contributed by atoms with van der Waals surface area (Å²) in [5, 5.41) is 26.5. The van der Waals surface area contributed by atoms with E-state index in [1.807, 2.05) is 55.1 Å². The molecule has 2 heterocycles. The number of nitrogens with zero attached hydrogens (tertiary/aromatic N) is 5. The SMILES string of the molecule is Cc1ccc(-n2nc3cc(C)c(NC(=S)NC(=O)c4ccc(N5CCCC5)c([N+](=O)[O-])c4)cc3n2)cc1. The lowest BCUT2D eigenvalue weighted by Crippen LogP contribution is -2.34. The normalized spacial score (nSPS) is 13.1. The van der Waals surface area contributed by atoms with Gasteiger partial charge in [-0.25, -0.2) is 0 Å². The monoisotopic (exact) mass is 515 g/mol. The van der Waals surface area contributed by atoms with Crippen LogP contribution in [0.25, 0.3) is 16.7 Å². The third-order valence-electron chi connectivity index (χ3n) is 6.35. The molecule has 1 fully saturated rings. The lowest BCUT2D eigenvalue weighted by Gasteiger charge is -2.18. The van der Waals surface area contributed by atoms with Gasteiger partial charge in [0.2, 0.25) is 0 Å². The highest BCUT2D eigenvalue weighted by Gasteiger charge is 2.24. The van der Waals surface area contributed by atoms with Crippen LogP contribution in [0.5, 0.6) is 0 Å². The van der Waals surface area contributed by atoms with Gasteiger partial charge in [-0.3, -0.25) is 20.2 Å². The number of thiocarbonyl (C=S) groups is 1. The van der Waals surface area contributed by atoms with Crippen LogP contribution in [-0.2, 0) is 0 Å². The highest BCUT2D eigenvalue weighted by Crippen LogP contribution is 2.31. The fraction of sp³-hybridized carbons (Fsp3) is 0.231. The van der Waals surface area contributed by atoms with Crippen LogP contribution < -0.4 is 15.5 Å². The molecule has 1 aromatic heterocycles. The van der Waals surface area contributed by atoms with Gasteiger partial charge in [0, 0.05) is 30.4 Å². The number of aryl methyl sites for hydroxylation is 2. The summed E-state index contributed by atoms with van der Waals surface area (Å²) in [6, 6.07) is 16.1. The number of rotatable bonds is 5. The van der Waals surface area contributed by atoms with Crippen LogP contribution in [0.1, 0.15) is 34.3 Å². The van der Waals surface area contributed by atoms with Gasteiger partial charge in [0.05, 0.1) is 10.6 Å². The fourth-order valence-electron chi connectivity index (χ4n) is 4.36. The van der Waals surface area contributed by atoms with Gasteiger partial charge < -0.3 is 10.2 Å². The molecule has 0 spiro atoms. The van der Waals surface area contributed by atoms with Crippen molar-refractivity contribution in [2.45, 2.75) is 26.7 Å². The summed E-state index contributed by atoms with van der Waals surface area (Å²) in [7, 11) is 0. The van der Waals surface area contributed by atoms with Crippen LogP contribution in [0, 0.1) is 24.0 Å². The highest BCUT2D eigenvalue weighted by molar-refractivity contribution is 7.80. The van der Waals surface area contributed by atoms with Crippen LogP contribution >= 0.6 is 12.2 Å². The van der Waals surface area contributed by atoms with E-state index in [-0.39, 0.29) is 16.4 Å². The van der Waals surface area contributed by atoms with E-state index < -0.39 is 10.8 Å². The third kappa shape index (κ3) is 5.12. The minimum Gasteiger partial charge on any atom is -0.366 e. The first kappa shape index (κ1) is 24.3. The molecule has 1 saturated heterocycles. The lowest BCUT2D eigenvalue weighted by molar-refractivity contribution is -0.384. The summed E-state index contributed by atoms with van der Waals surface area (Å²) in [6.07, 6.45) is 1.99. The van der Waals surface area contributed by atoms with Crippen molar-refractivity contribution in [3.05, 3.63) is 81.4 Å². The number of hydrogen-bond donors (Lipinski definition) is 2. The number of hydrogen-bond acceptors (Lipinski definition) is 7. The van der Waals surface area contributed by atoms with E-state index >= 15 is 0 Å². The number of nitro benzene ring substituents is 1. The van der Waals surface area contributed by atoms with E-state index in [4.69, 9.17) is 12.2 Å².